The van der Waals surface area contributed by atoms with Gasteiger partial charge in [-0.05, 0) is 42.5 Å². The summed E-state index contributed by atoms with van der Waals surface area (Å²) in [4.78, 5) is 36.8. The fraction of sp³-hybridized carbons (Fsp3) is 0.125. The summed E-state index contributed by atoms with van der Waals surface area (Å²) in [6, 6.07) is 20.7. The number of carbonyl (C=O) groups is 3. The highest BCUT2D eigenvalue weighted by Crippen LogP contribution is 2.33. The summed E-state index contributed by atoms with van der Waals surface area (Å²) >= 11 is 0. The SMILES string of the molecule is COc1ccccc1NC(=O)c1ccc(NC(=O)C[C@@H]2OC(=O)c3ccccc32)cc1. The van der Waals surface area contributed by atoms with Crippen LogP contribution in [0.5, 0.6) is 5.75 Å². The van der Waals surface area contributed by atoms with Crippen LogP contribution in [0.25, 0.3) is 0 Å². The zero-order valence-corrected chi connectivity index (χ0v) is 16.8. The van der Waals surface area contributed by atoms with Crippen LogP contribution in [0.4, 0.5) is 11.4 Å². The molecule has 0 fully saturated rings. The fourth-order valence-electron chi connectivity index (χ4n) is 3.40. The quantitative estimate of drug-likeness (QED) is 0.588. The van der Waals surface area contributed by atoms with Gasteiger partial charge in [0.25, 0.3) is 5.91 Å². The van der Waals surface area contributed by atoms with E-state index in [2.05, 4.69) is 10.6 Å². The number of methoxy groups -OCH3 is 1. The first-order valence-corrected chi connectivity index (χ1v) is 9.69. The summed E-state index contributed by atoms with van der Waals surface area (Å²) in [5, 5.41) is 5.57. The summed E-state index contributed by atoms with van der Waals surface area (Å²) < 4.78 is 10.5. The lowest BCUT2D eigenvalue weighted by Gasteiger charge is -2.12. The van der Waals surface area contributed by atoms with Crippen molar-refractivity contribution in [2.75, 3.05) is 17.7 Å². The van der Waals surface area contributed by atoms with Gasteiger partial charge in [0.2, 0.25) is 5.91 Å². The van der Waals surface area contributed by atoms with E-state index in [0.717, 1.165) is 0 Å². The number of esters is 1. The number of rotatable bonds is 6. The third-order valence-electron chi connectivity index (χ3n) is 4.93. The Bertz CT molecular complexity index is 1140. The van der Waals surface area contributed by atoms with Gasteiger partial charge in [0, 0.05) is 16.8 Å². The molecule has 1 atom stereocenters. The Balaban J connectivity index is 1.37. The summed E-state index contributed by atoms with van der Waals surface area (Å²) in [5.41, 5.74) is 2.74. The second kappa shape index (κ2) is 8.71. The zero-order valence-electron chi connectivity index (χ0n) is 16.8. The van der Waals surface area contributed by atoms with E-state index < -0.39 is 12.1 Å². The Morgan fingerprint density at radius 1 is 0.935 bits per heavy atom. The molecule has 3 aromatic carbocycles. The Hall–Kier alpha value is -4.13. The number of fused-ring (bicyclic) bond motifs is 1. The van der Waals surface area contributed by atoms with Gasteiger partial charge in [0.15, 0.2) is 0 Å². The highest BCUT2D eigenvalue weighted by Gasteiger charge is 2.32. The second-order valence-corrected chi connectivity index (χ2v) is 6.97. The van der Waals surface area contributed by atoms with E-state index in [4.69, 9.17) is 9.47 Å². The van der Waals surface area contributed by atoms with E-state index >= 15 is 0 Å². The molecule has 3 aromatic rings. The number of carbonyl (C=O) groups excluding carboxylic acids is 3. The van der Waals surface area contributed by atoms with Crippen LogP contribution in [0.15, 0.2) is 72.8 Å². The maximum Gasteiger partial charge on any atom is 0.339 e. The predicted molar refractivity (Wildman–Crippen MR) is 115 cm³/mol. The van der Waals surface area contributed by atoms with Crippen molar-refractivity contribution in [2.45, 2.75) is 12.5 Å². The summed E-state index contributed by atoms with van der Waals surface area (Å²) in [6.07, 6.45) is -0.590. The normalized spacial score (nSPS) is 14.4. The zero-order chi connectivity index (χ0) is 21.8. The largest absolute Gasteiger partial charge is 0.495 e. The smallest absolute Gasteiger partial charge is 0.339 e. The average Bonchev–Trinajstić information content (AvgIpc) is 3.10. The van der Waals surface area contributed by atoms with Crippen LogP contribution in [-0.2, 0) is 9.53 Å². The van der Waals surface area contributed by atoms with Crippen molar-refractivity contribution in [3.05, 3.63) is 89.5 Å². The maximum atomic E-state index is 12.5. The molecule has 0 aliphatic carbocycles. The van der Waals surface area contributed by atoms with Gasteiger partial charge in [-0.25, -0.2) is 4.79 Å². The Labute approximate surface area is 179 Å². The van der Waals surface area contributed by atoms with Gasteiger partial charge < -0.3 is 20.1 Å². The molecule has 2 N–H and O–H groups in total. The minimum atomic E-state index is -0.602. The Morgan fingerprint density at radius 3 is 2.42 bits per heavy atom. The van der Waals surface area contributed by atoms with Crippen LogP contribution in [0, 0.1) is 0 Å². The lowest BCUT2D eigenvalue weighted by Crippen LogP contribution is -2.16. The molecule has 4 rings (SSSR count). The molecule has 0 aromatic heterocycles. The second-order valence-electron chi connectivity index (χ2n) is 6.97. The van der Waals surface area contributed by atoms with E-state index in [0.29, 0.717) is 33.8 Å². The van der Waals surface area contributed by atoms with Gasteiger partial charge in [0.05, 0.1) is 24.8 Å². The van der Waals surface area contributed by atoms with Gasteiger partial charge in [-0.2, -0.15) is 0 Å². The minimum absolute atomic E-state index is 0.0127. The highest BCUT2D eigenvalue weighted by molar-refractivity contribution is 6.05. The fourth-order valence-corrected chi connectivity index (χ4v) is 3.40. The van der Waals surface area contributed by atoms with Gasteiger partial charge in [-0.1, -0.05) is 30.3 Å². The average molecular weight is 416 g/mol. The Kier molecular flexibility index (Phi) is 5.66. The third-order valence-corrected chi connectivity index (χ3v) is 4.93. The summed E-state index contributed by atoms with van der Waals surface area (Å²) in [7, 11) is 1.54. The first-order valence-electron chi connectivity index (χ1n) is 9.69. The van der Waals surface area contributed by atoms with Crippen molar-refractivity contribution in [2.24, 2.45) is 0 Å². The maximum absolute atomic E-state index is 12.5. The molecule has 0 radical (unpaired) electrons. The molecule has 2 amide bonds. The van der Waals surface area contributed by atoms with Crippen LogP contribution in [-0.4, -0.2) is 24.9 Å². The van der Waals surface area contributed by atoms with Crippen molar-refractivity contribution in [1.82, 2.24) is 0 Å². The van der Waals surface area contributed by atoms with Crippen LogP contribution in [0.2, 0.25) is 0 Å². The van der Waals surface area contributed by atoms with E-state index in [1.165, 1.54) is 7.11 Å². The number of hydrogen-bond donors (Lipinski definition) is 2. The minimum Gasteiger partial charge on any atom is -0.495 e. The molecule has 1 aliphatic heterocycles. The lowest BCUT2D eigenvalue weighted by molar-refractivity contribution is -0.118. The van der Waals surface area contributed by atoms with Crippen molar-refractivity contribution < 1.29 is 23.9 Å². The van der Waals surface area contributed by atoms with E-state index in [-0.39, 0.29) is 18.2 Å². The first kappa shape index (κ1) is 20.2. The molecular weight excluding hydrogens is 396 g/mol. The Morgan fingerprint density at radius 2 is 1.65 bits per heavy atom. The van der Waals surface area contributed by atoms with Crippen LogP contribution in [0.1, 0.15) is 38.8 Å². The first-order chi connectivity index (χ1) is 15.0. The molecular formula is C24H20N2O5. The summed E-state index contributed by atoms with van der Waals surface area (Å²) in [5.74, 6) is -0.440. The van der Waals surface area contributed by atoms with E-state index in [9.17, 15) is 14.4 Å². The van der Waals surface area contributed by atoms with Gasteiger partial charge in [-0.15, -0.1) is 0 Å². The van der Waals surface area contributed by atoms with Crippen molar-refractivity contribution in [3.8, 4) is 5.75 Å². The van der Waals surface area contributed by atoms with Gasteiger partial charge in [0.1, 0.15) is 11.9 Å². The number of cyclic esters (lactones) is 1. The molecule has 0 saturated heterocycles. The number of ether oxygens (including phenoxy) is 2. The number of anilines is 2. The van der Waals surface area contributed by atoms with Crippen molar-refractivity contribution >= 4 is 29.2 Å². The predicted octanol–water partition coefficient (Wildman–Crippen LogP) is 4.19. The monoisotopic (exact) mass is 416 g/mol. The number of amides is 2. The van der Waals surface area contributed by atoms with Crippen LogP contribution in [0.3, 0.4) is 0 Å². The summed E-state index contributed by atoms with van der Waals surface area (Å²) in [6.45, 7) is 0. The van der Waals surface area contributed by atoms with Gasteiger partial charge in [-0.3, -0.25) is 9.59 Å². The highest BCUT2D eigenvalue weighted by atomic mass is 16.5. The molecule has 7 heteroatoms. The molecule has 1 aliphatic rings. The topological polar surface area (TPSA) is 93.7 Å². The van der Waals surface area contributed by atoms with Gasteiger partial charge >= 0.3 is 5.97 Å². The number of benzene rings is 3. The molecule has 0 bridgehead atoms. The van der Waals surface area contributed by atoms with E-state index in [1.807, 2.05) is 6.07 Å². The number of nitrogens with one attached hydrogen (secondary N) is 2. The number of hydrogen-bond acceptors (Lipinski definition) is 5. The molecule has 156 valence electrons. The van der Waals surface area contributed by atoms with Crippen molar-refractivity contribution in [3.63, 3.8) is 0 Å². The van der Waals surface area contributed by atoms with Crippen molar-refractivity contribution in [1.29, 1.82) is 0 Å². The standard InChI is InChI=1S/C24H20N2O5/c1-30-20-9-5-4-8-19(20)26-23(28)15-10-12-16(13-11-15)25-22(27)14-21-17-6-2-3-7-18(17)24(29)31-21/h2-13,21H,14H2,1H3,(H,25,27)(H,26,28)/t21-/m0/s1. The molecule has 1 heterocycles. The molecule has 31 heavy (non-hydrogen) atoms. The lowest BCUT2D eigenvalue weighted by atomic mass is 10.0. The third kappa shape index (κ3) is 4.40. The molecule has 0 unspecified atom stereocenters. The van der Waals surface area contributed by atoms with Crippen LogP contribution < -0.4 is 15.4 Å². The molecule has 0 spiro atoms. The molecule has 0 saturated carbocycles. The van der Waals surface area contributed by atoms with Crippen LogP contribution >= 0.6 is 0 Å². The number of para-hydroxylation sites is 2. The molecule has 7 nitrogen and oxygen atoms in total. The van der Waals surface area contributed by atoms with E-state index in [1.54, 1.807) is 66.7 Å².